The van der Waals surface area contributed by atoms with Crippen molar-refractivity contribution in [3.63, 3.8) is 0 Å². The Bertz CT molecular complexity index is 693. The molecule has 5 heteroatoms. The lowest BCUT2D eigenvalue weighted by molar-refractivity contribution is -0.138. The fraction of sp³-hybridized carbons (Fsp3) is 0.294. The smallest absolute Gasteiger partial charge is 0.420 e. The maximum atomic E-state index is 12.8. The molecule has 1 N–H and O–H groups in total. The van der Waals surface area contributed by atoms with Crippen molar-refractivity contribution in [1.29, 1.82) is 0 Å². The van der Waals surface area contributed by atoms with Crippen LogP contribution in [0.2, 0.25) is 0 Å². The maximum Gasteiger partial charge on any atom is 0.420 e. The molecule has 0 spiro atoms. The van der Waals surface area contributed by atoms with E-state index >= 15 is 0 Å². The van der Waals surface area contributed by atoms with Crippen molar-refractivity contribution < 1.29 is 23.0 Å². The van der Waals surface area contributed by atoms with Gasteiger partial charge in [-0.25, -0.2) is 0 Å². The van der Waals surface area contributed by atoms with E-state index in [0.29, 0.717) is 5.75 Å². The number of alkyl halides is 3. The van der Waals surface area contributed by atoms with Gasteiger partial charge < -0.3 is 9.84 Å². The summed E-state index contributed by atoms with van der Waals surface area (Å²) >= 11 is 0. The van der Waals surface area contributed by atoms with Gasteiger partial charge >= 0.3 is 6.18 Å². The Balaban J connectivity index is 1.87. The lowest BCUT2D eigenvalue weighted by Gasteiger charge is -2.17. The van der Waals surface area contributed by atoms with Gasteiger partial charge in [-0.3, -0.25) is 0 Å². The summed E-state index contributed by atoms with van der Waals surface area (Å²) < 4.78 is 43.9. The van der Waals surface area contributed by atoms with E-state index in [-0.39, 0.29) is 5.75 Å². The van der Waals surface area contributed by atoms with Crippen LogP contribution in [0, 0.1) is 0 Å². The highest BCUT2D eigenvalue weighted by molar-refractivity contribution is 5.44. The van der Waals surface area contributed by atoms with Crippen LogP contribution in [0.1, 0.15) is 29.5 Å². The molecular formula is C17H15F3O2. The van der Waals surface area contributed by atoms with Crippen LogP contribution >= 0.6 is 0 Å². The second kappa shape index (κ2) is 5.55. The van der Waals surface area contributed by atoms with Gasteiger partial charge in [-0.2, -0.15) is 13.2 Å². The molecule has 3 rings (SSSR count). The first kappa shape index (κ1) is 14.8. The summed E-state index contributed by atoms with van der Waals surface area (Å²) in [6, 6.07) is 8.75. The predicted octanol–water partition coefficient (Wildman–Crippen LogP) is 5.08. The zero-order chi connectivity index (χ0) is 15.7. The third-order valence-electron chi connectivity index (χ3n) is 3.83. The number of phenols is 1. The van der Waals surface area contributed by atoms with E-state index in [9.17, 15) is 18.3 Å². The largest absolute Gasteiger partial charge is 0.507 e. The minimum atomic E-state index is -4.61. The van der Waals surface area contributed by atoms with Crippen LogP contribution in [0.3, 0.4) is 0 Å². The molecule has 2 aromatic rings. The SMILES string of the molecule is Oc1ccc(Oc2ccc3c(c2)CCCC3)cc1C(F)(F)F. The molecule has 2 aromatic carbocycles. The number of halogens is 3. The molecule has 1 aliphatic carbocycles. The van der Waals surface area contributed by atoms with Crippen LogP contribution < -0.4 is 4.74 Å². The third kappa shape index (κ3) is 3.03. The summed E-state index contributed by atoms with van der Waals surface area (Å²) in [5.41, 5.74) is 1.38. The third-order valence-corrected chi connectivity index (χ3v) is 3.83. The van der Waals surface area contributed by atoms with E-state index in [2.05, 4.69) is 0 Å². The summed E-state index contributed by atoms with van der Waals surface area (Å²) in [5.74, 6) is -0.231. The van der Waals surface area contributed by atoms with Crippen LogP contribution in [0.4, 0.5) is 13.2 Å². The van der Waals surface area contributed by atoms with Gasteiger partial charge in [-0.05, 0) is 67.1 Å². The number of rotatable bonds is 2. The Morgan fingerprint density at radius 3 is 2.23 bits per heavy atom. The number of aryl methyl sites for hydroxylation is 2. The highest BCUT2D eigenvalue weighted by atomic mass is 19.4. The minimum Gasteiger partial charge on any atom is -0.507 e. The van der Waals surface area contributed by atoms with Crippen molar-refractivity contribution in [3.8, 4) is 17.2 Å². The summed E-state index contributed by atoms with van der Waals surface area (Å²) in [6.45, 7) is 0. The molecule has 0 aliphatic heterocycles. The topological polar surface area (TPSA) is 29.5 Å². The fourth-order valence-electron chi connectivity index (χ4n) is 2.72. The molecule has 0 radical (unpaired) electrons. The maximum absolute atomic E-state index is 12.8. The monoisotopic (exact) mass is 308 g/mol. The summed E-state index contributed by atoms with van der Waals surface area (Å²) in [6.07, 6.45) is -0.323. The van der Waals surface area contributed by atoms with Gasteiger partial charge in [0.15, 0.2) is 0 Å². The van der Waals surface area contributed by atoms with E-state index in [0.717, 1.165) is 31.4 Å². The average molecular weight is 308 g/mol. The first-order chi connectivity index (χ1) is 10.4. The molecule has 116 valence electrons. The van der Waals surface area contributed by atoms with E-state index < -0.39 is 17.5 Å². The molecule has 2 nitrogen and oxygen atoms in total. The molecule has 0 atom stereocenters. The fourth-order valence-corrected chi connectivity index (χ4v) is 2.72. The van der Waals surface area contributed by atoms with Crippen molar-refractivity contribution in [2.45, 2.75) is 31.9 Å². The number of phenolic OH excluding ortho intramolecular Hbond substituents is 1. The van der Waals surface area contributed by atoms with Crippen molar-refractivity contribution in [2.24, 2.45) is 0 Å². The highest BCUT2D eigenvalue weighted by Crippen LogP contribution is 2.38. The molecule has 0 saturated carbocycles. The van der Waals surface area contributed by atoms with Gasteiger partial charge in [-0.15, -0.1) is 0 Å². The van der Waals surface area contributed by atoms with Crippen LogP contribution in [0.25, 0.3) is 0 Å². The van der Waals surface area contributed by atoms with Gasteiger partial charge in [-0.1, -0.05) is 6.07 Å². The number of ether oxygens (including phenoxy) is 1. The molecule has 0 bridgehead atoms. The highest BCUT2D eigenvalue weighted by Gasteiger charge is 2.34. The van der Waals surface area contributed by atoms with Gasteiger partial charge in [0, 0.05) is 0 Å². The van der Waals surface area contributed by atoms with Gasteiger partial charge in [0.1, 0.15) is 22.8 Å². The van der Waals surface area contributed by atoms with Crippen molar-refractivity contribution in [2.75, 3.05) is 0 Å². The summed E-state index contributed by atoms with van der Waals surface area (Å²) in [4.78, 5) is 0. The first-order valence-electron chi connectivity index (χ1n) is 7.13. The van der Waals surface area contributed by atoms with Gasteiger partial charge in [0.25, 0.3) is 0 Å². The molecule has 1 aliphatic rings. The minimum absolute atomic E-state index is 0.0564. The van der Waals surface area contributed by atoms with E-state index in [1.54, 1.807) is 6.07 Å². The van der Waals surface area contributed by atoms with Crippen molar-refractivity contribution >= 4 is 0 Å². The average Bonchev–Trinajstić information content (AvgIpc) is 2.48. The molecule has 0 fully saturated rings. The Morgan fingerprint density at radius 1 is 0.864 bits per heavy atom. The molecular weight excluding hydrogens is 293 g/mol. The zero-order valence-electron chi connectivity index (χ0n) is 11.8. The quantitative estimate of drug-likeness (QED) is 0.838. The molecule has 0 saturated heterocycles. The van der Waals surface area contributed by atoms with Crippen LogP contribution in [0.5, 0.6) is 17.2 Å². The first-order valence-corrected chi connectivity index (χ1v) is 7.13. The Labute approximate surface area is 126 Å². The van der Waals surface area contributed by atoms with Crippen LogP contribution in [-0.2, 0) is 19.0 Å². The Hall–Kier alpha value is -2.17. The van der Waals surface area contributed by atoms with E-state index in [1.165, 1.54) is 23.6 Å². The van der Waals surface area contributed by atoms with Crippen LogP contribution in [0.15, 0.2) is 36.4 Å². The second-order valence-corrected chi connectivity index (χ2v) is 5.42. The number of benzene rings is 2. The number of aromatic hydroxyl groups is 1. The summed E-state index contributed by atoms with van der Waals surface area (Å²) in [7, 11) is 0. The van der Waals surface area contributed by atoms with Gasteiger partial charge in [0.05, 0.1) is 0 Å². The number of hydrogen-bond acceptors (Lipinski definition) is 2. The van der Waals surface area contributed by atoms with E-state index in [1.807, 2.05) is 12.1 Å². The molecule has 22 heavy (non-hydrogen) atoms. The van der Waals surface area contributed by atoms with Crippen LogP contribution in [-0.4, -0.2) is 5.11 Å². The number of hydrogen-bond donors (Lipinski definition) is 1. The lowest BCUT2D eigenvalue weighted by atomic mass is 9.92. The Kier molecular flexibility index (Phi) is 3.72. The predicted molar refractivity (Wildman–Crippen MR) is 76.3 cm³/mol. The van der Waals surface area contributed by atoms with Crippen molar-refractivity contribution in [3.05, 3.63) is 53.1 Å². The summed E-state index contributed by atoms with van der Waals surface area (Å²) in [5, 5.41) is 9.32. The standard InChI is InChI=1S/C17H15F3O2/c18-17(19,20)15-10-14(7-8-16(15)21)22-13-6-5-11-3-1-2-4-12(11)9-13/h5-10,21H,1-4H2. The van der Waals surface area contributed by atoms with Crippen molar-refractivity contribution in [1.82, 2.24) is 0 Å². The molecule has 0 amide bonds. The van der Waals surface area contributed by atoms with E-state index in [4.69, 9.17) is 4.74 Å². The normalized spacial score (nSPS) is 14.5. The Morgan fingerprint density at radius 2 is 1.50 bits per heavy atom. The molecule has 0 heterocycles. The lowest BCUT2D eigenvalue weighted by Crippen LogP contribution is -2.05. The van der Waals surface area contributed by atoms with Gasteiger partial charge in [0.2, 0.25) is 0 Å². The number of fused-ring (bicyclic) bond motifs is 1. The zero-order valence-corrected chi connectivity index (χ0v) is 11.8. The second-order valence-electron chi connectivity index (χ2n) is 5.42. The molecule has 0 aromatic heterocycles. The molecule has 0 unspecified atom stereocenters.